The number of benzene rings is 2. The van der Waals surface area contributed by atoms with Gasteiger partial charge in [0, 0.05) is 24.0 Å². The van der Waals surface area contributed by atoms with Crippen molar-refractivity contribution in [2.45, 2.75) is 0 Å². The third kappa shape index (κ3) is 3.44. The van der Waals surface area contributed by atoms with Gasteiger partial charge >= 0.3 is 5.97 Å². The summed E-state index contributed by atoms with van der Waals surface area (Å²) in [6, 6.07) is 9.58. The minimum absolute atomic E-state index is 0.254. The highest BCUT2D eigenvalue weighted by molar-refractivity contribution is 6.05. The van der Waals surface area contributed by atoms with Crippen molar-refractivity contribution in [3.63, 3.8) is 0 Å². The second-order valence-corrected chi connectivity index (χ2v) is 5.26. The Morgan fingerprint density at radius 2 is 1.85 bits per heavy atom. The quantitative estimate of drug-likeness (QED) is 0.728. The molecule has 1 amide bonds. The Balaban J connectivity index is 1.82. The fraction of sp³-hybridized carbons (Fsp3) is 0.0556. The lowest BCUT2D eigenvalue weighted by atomic mass is 10.1. The van der Waals surface area contributed by atoms with Crippen molar-refractivity contribution >= 4 is 17.6 Å². The van der Waals surface area contributed by atoms with Gasteiger partial charge in [-0.25, -0.2) is 18.3 Å². The Hall–Kier alpha value is -3.55. The smallest absolute Gasteiger partial charge is 0.340 e. The molecule has 0 unspecified atom stereocenters. The molecule has 132 valence electrons. The summed E-state index contributed by atoms with van der Waals surface area (Å²) in [6.07, 6.45) is 3.37. The van der Waals surface area contributed by atoms with Crippen LogP contribution in [0, 0.1) is 11.6 Å². The van der Waals surface area contributed by atoms with Gasteiger partial charge in [-0.15, -0.1) is 0 Å². The van der Waals surface area contributed by atoms with E-state index in [1.165, 1.54) is 12.1 Å². The first kappa shape index (κ1) is 17.3. The molecule has 0 bridgehead atoms. The molecule has 26 heavy (non-hydrogen) atoms. The molecule has 1 heterocycles. The van der Waals surface area contributed by atoms with E-state index < -0.39 is 29.1 Å². The third-order valence-corrected chi connectivity index (χ3v) is 3.61. The van der Waals surface area contributed by atoms with Crippen LogP contribution in [-0.2, 0) is 4.74 Å². The standard InChI is InChI=1S/C18H13F2N3O3/c1-26-18(25)13-9-16(15(20)10-14(13)19)22-17(24)11-3-5-12(6-4-11)23-8-2-7-21-23/h2-10H,1H3,(H,22,24). The normalized spacial score (nSPS) is 10.4. The molecule has 0 saturated heterocycles. The van der Waals surface area contributed by atoms with Crippen LogP contribution in [0.4, 0.5) is 14.5 Å². The average Bonchev–Trinajstić information content (AvgIpc) is 3.18. The first-order chi connectivity index (χ1) is 12.5. The zero-order valence-corrected chi connectivity index (χ0v) is 13.6. The van der Waals surface area contributed by atoms with Gasteiger partial charge in [0.15, 0.2) is 0 Å². The van der Waals surface area contributed by atoms with Gasteiger partial charge in [-0.3, -0.25) is 4.79 Å². The largest absolute Gasteiger partial charge is 0.465 e. The molecule has 2 aromatic carbocycles. The first-order valence-corrected chi connectivity index (χ1v) is 7.48. The van der Waals surface area contributed by atoms with Crippen LogP contribution in [0.25, 0.3) is 5.69 Å². The Morgan fingerprint density at radius 3 is 2.46 bits per heavy atom. The number of esters is 1. The van der Waals surface area contributed by atoms with Crippen LogP contribution in [-0.4, -0.2) is 28.8 Å². The fourth-order valence-corrected chi connectivity index (χ4v) is 2.29. The Labute approximate surface area is 147 Å². The number of anilines is 1. The number of hydrogen-bond donors (Lipinski definition) is 1. The van der Waals surface area contributed by atoms with Crippen molar-refractivity contribution in [3.05, 3.63) is 77.6 Å². The molecular formula is C18H13F2N3O3. The van der Waals surface area contributed by atoms with Crippen LogP contribution in [0.1, 0.15) is 20.7 Å². The number of amides is 1. The highest BCUT2D eigenvalue weighted by atomic mass is 19.1. The molecule has 0 radical (unpaired) electrons. The molecule has 0 spiro atoms. The second-order valence-electron chi connectivity index (χ2n) is 5.26. The summed E-state index contributed by atoms with van der Waals surface area (Å²) in [5.41, 5.74) is 0.197. The average molecular weight is 357 g/mol. The van der Waals surface area contributed by atoms with E-state index in [4.69, 9.17) is 0 Å². The minimum Gasteiger partial charge on any atom is -0.465 e. The monoisotopic (exact) mass is 357 g/mol. The molecule has 1 N–H and O–H groups in total. The zero-order chi connectivity index (χ0) is 18.7. The first-order valence-electron chi connectivity index (χ1n) is 7.48. The molecule has 0 aliphatic rings. The number of rotatable bonds is 4. The lowest BCUT2D eigenvalue weighted by Crippen LogP contribution is -2.15. The number of nitrogens with zero attached hydrogens (tertiary/aromatic N) is 2. The van der Waals surface area contributed by atoms with Crippen LogP contribution in [0.2, 0.25) is 0 Å². The van der Waals surface area contributed by atoms with Gasteiger partial charge in [0.05, 0.1) is 24.0 Å². The molecule has 1 aromatic heterocycles. The second kappa shape index (κ2) is 7.14. The predicted octanol–water partition coefficient (Wildman–Crippen LogP) is 3.19. The third-order valence-electron chi connectivity index (χ3n) is 3.61. The Bertz CT molecular complexity index is 955. The number of carbonyl (C=O) groups excluding carboxylic acids is 2. The number of halogens is 2. The van der Waals surface area contributed by atoms with E-state index in [9.17, 15) is 18.4 Å². The topological polar surface area (TPSA) is 73.2 Å². The van der Waals surface area contributed by atoms with E-state index in [1.54, 1.807) is 35.3 Å². The molecule has 3 aromatic rings. The summed E-state index contributed by atoms with van der Waals surface area (Å²) >= 11 is 0. The van der Waals surface area contributed by atoms with E-state index in [1.807, 2.05) is 0 Å². The van der Waals surface area contributed by atoms with Gasteiger partial charge in [0.1, 0.15) is 11.6 Å². The molecule has 8 heteroatoms. The number of carbonyl (C=O) groups is 2. The van der Waals surface area contributed by atoms with Crippen LogP contribution in [0.5, 0.6) is 0 Å². The van der Waals surface area contributed by atoms with Crippen molar-refractivity contribution in [3.8, 4) is 5.69 Å². The van der Waals surface area contributed by atoms with E-state index in [-0.39, 0.29) is 11.3 Å². The summed E-state index contributed by atoms with van der Waals surface area (Å²) < 4.78 is 33.6. The summed E-state index contributed by atoms with van der Waals surface area (Å²) in [5, 5.41) is 6.39. The van der Waals surface area contributed by atoms with Gasteiger partial charge in [0.25, 0.3) is 5.91 Å². The van der Waals surface area contributed by atoms with E-state index >= 15 is 0 Å². The van der Waals surface area contributed by atoms with Crippen molar-refractivity contribution < 1.29 is 23.1 Å². The van der Waals surface area contributed by atoms with Crippen LogP contribution >= 0.6 is 0 Å². The van der Waals surface area contributed by atoms with Crippen LogP contribution < -0.4 is 5.32 Å². The molecule has 0 saturated carbocycles. The fourth-order valence-electron chi connectivity index (χ4n) is 2.29. The van der Waals surface area contributed by atoms with Gasteiger partial charge < -0.3 is 10.1 Å². The maximum Gasteiger partial charge on any atom is 0.340 e. The highest BCUT2D eigenvalue weighted by Crippen LogP contribution is 2.21. The zero-order valence-electron chi connectivity index (χ0n) is 13.6. The van der Waals surface area contributed by atoms with Crippen molar-refractivity contribution in [2.75, 3.05) is 12.4 Å². The number of aromatic nitrogens is 2. The molecule has 0 atom stereocenters. The van der Waals surface area contributed by atoms with E-state index in [0.717, 1.165) is 18.9 Å². The SMILES string of the molecule is COC(=O)c1cc(NC(=O)c2ccc(-n3cccn3)cc2)c(F)cc1F. The highest BCUT2D eigenvalue weighted by Gasteiger charge is 2.18. The summed E-state index contributed by atoms with van der Waals surface area (Å²) in [5.74, 6) is -3.66. The maximum atomic E-state index is 13.9. The minimum atomic E-state index is -1.07. The molecule has 0 aliphatic carbocycles. The summed E-state index contributed by atoms with van der Waals surface area (Å²) in [4.78, 5) is 23.8. The molecular weight excluding hydrogens is 344 g/mol. The molecule has 0 fully saturated rings. The van der Waals surface area contributed by atoms with E-state index in [2.05, 4.69) is 15.2 Å². The Morgan fingerprint density at radius 1 is 1.12 bits per heavy atom. The summed E-state index contributed by atoms with van der Waals surface area (Å²) in [7, 11) is 1.07. The molecule has 0 aliphatic heterocycles. The van der Waals surface area contributed by atoms with Crippen molar-refractivity contribution in [1.29, 1.82) is 0 Å². The summed E-state index contributed by atoms with van der Waals surface area (Å²) in [6.45, 7) is 0. The Kier molecular flexibility index (Phi) is 4.74. The molecule has 3 rings (SSSR count). The predicted molar refractivity (Wildman–Crippen MR) is 89.2 cm³/mol. The maximum absolute atomic E-state index is 13.9. The van der Waals surface area contributed by atoms with Gasteiger partial charge in [-0.2, -0.15) is 5.10 Å². The van der Waals surface area contributed by atoms with Gasteiger partial charge in [-0.1, -0.05) is 0 Å². The number of methoxy groups -OCH3 is 1. The van der Waals surface area contributed by atoms with Gasteiger partial charge in [0.2, 0.25) is 0 Å². The van der Waals surface area contributed by atoms with E-state index in [0.29, 0.717) is 6.07 Å². The van der Waals surface area contributed by atoms with Crippen LogP contribution in [0.3, 0.4) is 0 Å². The number of nitrogens with one attached hydrogen (secondary N) is 1. The molecule has 6 nitrogen and oxygen atoms in total. The lowest BCUT2D eigenvalue weighted by molar-refractivity contribution is 0.0595. The van der Waals surface area contributed by atoms with Gasteiger partial charge in [-0.05, 0) is 36.4 Å². The van der Waals surface area contributed by atoms with Crippen molar-refractivity contribution in [2.24, 2.45) is 0 Å². The number of ether oxygens (including phenoxy) is 1. The van der Waals surface area contributed by atoms with Crippen molar-refractivity contribution in [1.82, 2.24) is 9.78 Å². The lowest BCUT2D eigenvalue weighted by Gasteiger charge is -2.10. The van der Waals surface area contributed by atoms with Crippen LogP contribution in [0.15, 0.2) is 54.9 Å². The number of hydrogen-bond acceptors (Lipinski definition) is 4.